The van der Waals surface area contributed by atoms with E-state index in [1.54, 1.807) is 12.1 Å². The fourth-order valence-electron chi connectivity index (χ4n) is 6.87. The van der Waals surface area contributed by atoms with E-state index in [1.165, 1.54) is 18.6 Å². The largest absolute Gasteiger partial charge is 0.351 e. The van der Waals surface area contributed by atoms with E-state index in [0.717, 1.165) is 36.0 Å². The predicted molar refractivity (Wildman–Crippen MR) is 136 cm³/mol. The highest BCUT2D eigenvalue weighted by molar-refractivity contribution is 5.65. The van der Waals surface area contributed by atoms with E-state index in [2.05, 4.69) is 25.7 Å². The molecule has 0 amide bonds. The zero-order valence-corrected chi connectivity index (χ0v) is 21.7. The molecule has 8 atom stereocenters. The van der Waals surface area contributed by atoms with Gasteiger partial charge in [-0.2, -0.15) is 0 Å². The second-order valence-electron chi connectivity index (χ2n) is 11.3. The molecule has 2 aromatic carbocycles. The minimum absolute atomic E-state index is 0.154. The molecule has 5 aliphatic rings. The van der Waals surface area contributed by atoms with E-state index in [9.17, 15) is 4.39 Å². The van der Waals surface area contributed by atoms with Crippen LogP contribution in [0.25, 0.3) is 11.1 Å². The summed E-state index contributed by atoms with van der Waals surface area (Å²) in [6.07, 6.45) is 3.76. The van der Waals surface area contributed by atoms with Crippen molar-refractivity contribution in [3.8, 4) is 23.0 Å². The third-order valence-electron chi connectivity index (χ3n) is 8.88. The Labute approximate surface area is 218 Å². The lowest BCUT2D eigenvalue weighted by atomic mass is 9.58. The van der Waals surface area contributed by atoms with Gasteiger partial charge in [0.15, 0.2) is 18.2 Å². The third kappa shape index (κ3) is 4.51. The van der Waals surface area contributed by atoms with Crippen molar-refractivity contribution < 1.29 is 28.4 Å². The summed E-state index contributed by atoms with van der Waals surface area (Å²) in [5, 5.41) is 0. The zero-order chi connectivity index (χ0) is 25.6. The molecule has 5 nitrogen and oxygen atoms in total. The molecule has 6 heteroatoms. The van der Waals surface area contributed by atoms with Gasteiger partial charge in [0.1, 0.15) is 5.82 Å². The van der Waals surface area contributed by atoms with E-state index in [-0.39, 0.29) is 23.9 Å². The molecule has 7 rings (SSSR count). The van der Waals surface area contributed by atoms with Crippen LogP contribution in [0, 0.1) is 41.3 Å². The first kappa shape index (κ1) is 25.0. The van der Waals surface area contributed by atoms with Gasteiger partial charge in [-0.3, -0.25) is 0 Å². The van der Waals surface area contributed by atoms with E-state index in [0.29, 0.717) is 24.9 Å². The Morgan fingerprint density at radius 2 is 1.84 bits per heavy atom. The van der Waals surface area contributed by atoms with Crippen molar-refractivity contribution in [3.63, 3.8) is 0 Å². The lowest BCUT2D eigenvalue weighted by molar-refractivity contribution is -0.577. The number of hydrogen-bond donors (Lipinski definition) is 0. The standard InChI is InChI=1S/C31H35FO5/c1-20-10-15-27-21(2)28(34-29-31(27)26(20)16-17-30(3,35-29)36-37-31)33-18-5-4-7-22-8-6-9-24(19-22)23-11-13-25(32)14-12-23/h6,8-9,11-14,19-21,26-29H,5,10,15-18H2,1-3H3/t20-,21-,26+,27+,28+,29-,30-,31-/m1/s1. The quantitative estimate of drug-likeness (QED) is 0.271. The van der Waals surface area contributed by atoms with E-state index < -0.39 is 17.7 Å². The van der Waals surface area contributed by atoms with Crippen LogP contribution < -0.4 is 0 Å². The molecule has 2 bridgehead atoms. The van der Waals surface area contributed by atoms with Crippen LogP contribution in [-0.4, -0.2) is 30.6 Å². The summed E-state index contributed by atoms with van der Waals surface area (Å²) in [4.78, 5) is 12.1. The molecule has 4 heterocycles. The first-order valence-electron chi connectivity index (χ1n) is 13.5. The Morgan fingerprint density at radius 1 is 1.00 bits per heavy atom. The SMILES string of the molecule is C[C@H]1[C@@H](OCCC#Cc2cccc(-c3ccc(F)cc3)c2)O[C@@H]2O[C@@]3(C)CC[C@H]4[C@H](C)CC[C@@H]1[C@@]24OO3. The zero-order valence-electron chi connectivity index (χ0n) is 21.7. The molecule has 2 aromatic rings. The molecule has 4 aliphatic heterocycles. The van der Waals surface area contributed by atoms with Crippen LogP contribution in [0.1, 0.15) is 58.4 Å². The summed E-state index contributed by atoms with van der Waals surface area (Å²) >= 11 is 0. The minimum Gasteiger partial charge on any atom is -0.351 e. The van der Waals surface area contributed by atoms with Crippen LogP contribution in [0.15, 0.2) is 48.5 Å². The Morgan fingerprint density at radius 3 is 2.68 bits per heavy atom. The highest BCUT2D eigenvalue weighted by atomic mass is 19.1. The maximum Gasteiger partial charge on any atom is 0.201 e. The van der Waals surface area contributed by atoms with Gasteiger partial charge in [0, 0.05) is 30.2 Å². The fourth-order valence-corrected chi connectivity index (χ4v) is 6.87. The minimum atomic E-state index is -0.781. The molecule has 37 heavy (non-hydrogen) atoms. The first-order valence-corrected chi connectivity index (χ1v) is 13.5. The smallest absolute Gasteiger partial charge is 0.201 e. The monoisotopic (exact) mass is 506 g/mol. The highest BCUT2D eigenvalue weighted by Crippen LogP contribution is 2.60. The van der Waals surface area contributed by atoms with Gasteiger partial charge >= 0.3 is 0 Å². The summed E-state index contributed by atoms with van der Waals surface area (Å²) in [6, 6.07) is 14.5. The van der Waals surface area contributed by atoms with Gasteiger partial charge in [-0.15, -0.1) is 0 Å². The molecule has 196 valence electrons. The van der Waals surface area contributed by atoms with Crippen LogP contribution >= 0.6 is 0 Å². The van der Waals surface area contributed by atoms with Crippen molar-refractivity contribution in [3.05, 3.63) is 59.9 Å². The molecule has 0 unspecified atom stereocenters. The number of halogens is 1. The molecule has 5 fully saturated rings. The third-order valence-corrected chi connectivity index (χ3v) is 8.88. The summed E-state index contributed by atoms with van der Waals surface area (Å²) in [7, 11) is 0. The van der Waals surface area contributed by atoms with Crippen LogP contribution in [-0.2, 0) is 24.0 Å². The molecule has 0 radical (unpaired) electrons. The maximum atomic E-state index is 13.3. The van der Waals surface area contributed by atoms with Crippen LogP contribution in [0.4, 0.5) is 4.39 Å². The molecule has 1 saturated carbocycles. The van der Waals surface area contributed by atoms with Crippen molar-refractivity contribution in [2.45, 2.75) is 76.8 Å². The van der Waals surface area contributed by atoms with Crippen molar-refractivity contribution in [2.75, 3.05) is 6.61 Å². The van der Waals surface area contributed by atoms with Gasteiger partial charge in [0.2, 0.25) is 5.79 Å². The molecule has 0 N–H and O–H groups in total. The van der Waals surface area contributed by atoms with Crippen LogP contribution in [0.3, 0.4) is 0 Å². The molecule has 1 aliphatic carbocycles. The number of ether oxygens (including phenoxy) is 3. The Hall–Kier alpha value is -2.27. The van der Waals surface area contributed by atoms with Crippen molar-refractivity contribution in [1.82, 2.24) is 0 Å². The van der Waals surface area contributed by atoms with Gasteiger partial charge in [0.05, 0.1) is 6.61 Å². The van der Waals surface area contributed by atoms with E-state index in [1.807, 2.05) is 31.2 Å². The lowest BCUT2D eigenvalue weighted by Crippen LogP contribution is -2.70. The summed E-state index contributed by atoms with van der Waals surface area (Å²) < 4.78 is 32.4. The maximum absolute atomic E-state index is 13.3. The summed E-state index contributed by atoms with van der Waals surface area (Å²) in [6.45, 7) is 6.93. The number of benzene rings is 2. The normalized spacial score (nSPS) is 38.3. The second kappa shape index (κ2) is 9.80. The van der Waals surface area contributed by atoms with Gasteiger partial charge in [-0.05, 0) is 73.4 Å². The summed E-state index contributed by atoms with van der Waals surface area (Å²) in [5.41, 5.74) is 2.33. The summed E-state index contributed by atoms with van der Waals surface area (Å²) in [5.74, 6) is 6.72. The molecule has 1 spiro atoms. The molecule has 4 saturated heterocycles. The Bertz CT molecular complexity index is 1190. The van der Waals surface area contributed by atoms with Crippen LogP contribution in [0.5, 0.6) is 0 Å². The molecule has 0 aromatic heterocycles. The van der Waals surface area contributed by atoms with Crippen molar-refractivity contribution >= 4 is 0 Å². The Balaban J connectivity index is 1.11. The second-order valence-corrected chi connectivity index (χ2v) is 11.3. The highest BCUT2D eigenvalue weighted by Gasteiger charge is 2.69. The van der Waals surface area contributed by atoms with Crippen molar-refractivity contribution in [1.29, 1.82) is 0 Å². The van der Waals surface area contributed by atoms with Gasteiger partial charge < -0.3 is 14.2 Å². The average Bonchev–Trinajstić information content (AvgIpc) is 3.13. The topological polar surface area (TPSA) is 46.2 Å². The van der Waals surface area contributed by atoms with Gasteiger partial charge in [0.25, 0.3) is 0 Å². The lowest BCUT2D eigenvalue weighted by Gasteiger charge is -2.60. The van der Waals surface area contributed by atoms with E-state index >= 15 is 0 Å². The predicted octanol–water partition coefficient (Wildman–Crippen LogP) is 6.46. The van der Waals surface area contributed by atoms with E-state index in [4.69, 9.17) is 24.0 Å². The van der Waals surface area contributed by atoms with Gasteiger partial charge in [-0.25, -0.2) is 14.2 Å². The number of rotatable bonds is 4. The average molecular weight is 507 g/mol. The van der Waals surface area contributed by atoms with Gasteiger partial charge in [-0.1, -0.05) is 50.0 Å². The number of fused-ring (bicyclic) bond motifs is 2. The molecular weight excluding hydrogens is 471 g/mol. The molecular formula is C31H35FO5. The number of hydrogen-bond acceptors (Lipinski definition) is 5. The Kier molecular flexibility index (Phi) is 6.63. The fraction of sp³-hybridized carbons (Fsp3) is 0.548. The van der Waals surface area contributed by atoms with Crippen molar-refractivity contribution in [2.24, 2.45) is 23.7 Å². The first-order chi connectivity index (χ1) is 17.9. The van der Waals surface area contributed by atoms with Crippen LogP contribution in [0.2, 0.25) is 0 Å².